The fourth-order valence-electron chi connectivity index (χ4n) is 0. The summed E-state index contributed by atoms with van der Waals surface area (Å²) in [5.74, 6) is 0. The molecule has 0 saturated heterocycles. The second-order valence-corrected chi connectivity index (χ2v) is 2.02. The molecule has 0 aromatic heterocycles. The molecule has 0 aromatic rings. The summed E-state index contributed by atoms with van der Waals surface area (Å²) in [6.07, 6.45) is 0. The first-order chi connectivity index (χ1) is 2.27. The van der Waals surface area contributed by atoms with Crippen molar-refractivity contribution in [2.45, 2.75) is 0 Å². The van der Waals surface area contributed by atoms with Crippen molar-refractivity contribution in [2.24, 2.45) is 5.73 Å². The Kier molecular flexibility index (Phi) is 2.04. The summed E-state index contributed by atoms with van der Waals surface area (Å²) in [5.41, 5.74) is 4.86. The fourth-order valence-corrected chi connectivity index (χ4v) is 0. The number of carbonyl (C=O) groups excluding carboxylic acids is 1. The van der Waals surface area contributed by atoms with E-state index in [1.807, 2.05) is 0 Å². The van der Waals surface area contributed by atoms with Crippen LogP contribution in [0.4, 0.5) is 0 Å². The molecule has 5 heavy (non-hydrogen) atoms. The van der Waals surface area contributed by atoms with E-state index in [0.29, 0.717) is 10.2 Å². The third-order valence-electron chi connectivity index (χ3n) is 0.287. The molecule has 0 fully saturated rings. The van der Waals surface area contributed by atoms with Crippen molar-refractivity contribution >= 4 is 15.6 Å². The average molecular weight is 89.2 g/mol. The predicted octanol–water partition coefficient (Wildman–Crippen LogP) is -2.16. The summed E-state index contributed by atoms with van der Waals surface area (Å²) in [6.45, 7) is 0.228. The lowest BCUT2D eigenvalue weighted by molar-refractivity contribution is -0.110. The summed E-state index contributed by atoms with van der Waals surface area (Å²) < 4.78 is 0. The Morgan fingerprint density at radius 2 is 2.20 bits per heavy atom. The van der Waals surface area contributed by atoms with Gasteiger partial charge >= 0.3 is 0 Å². The van der Waals surface area contributed by atoms with Crippen LogP contribution in [0.3, 0.4) is 0 Å². The maximum atomic E-state index is 9.75. The summed E-state index contributed by atoms with van der Waals surface area (Å²) in [5, 5.41) is 0.171. The third-order valence-corrected chi connectivity index (χ3v) is 0.696. The van der Waals surface area contributed by atoms with E-state index in [0.717, 1.165) is 0 Å². The zero-order chi connectivity index (χ0) is 4.28. The molecule has 0 atom stereocenters. The highest BCUT2D eigenvalue weighted by molar-refractivity contribution is 6.58. The Balaban J connectivity index is 2.85. The minimum absolute atomic E-state index is 0.171. The van der Waals surface area contributed by atoms with Gasteiger partial charge in [0.15, 0.2) is 0 Å². The number of hydrogen-bond acceptors (Lipinski definition) is 2. The van der Waals surface area contributed by atoms with Crippen LogP contribution in [-0.2, 0) is 4.79 Å². The largest absolute Gasteiger partial charge is 0.324 e. The van der Waals surface area contributed by atoms with E-state index < -0.39 is 0 Å². The van der Waals surface area contributed by atoms with E-state index in [2.05, 4.69) is 0 Å². The third kappa shape index (κ3) is 3.85. The van der Waals surface area contributed by atoms with Crippen molar-refractivity contribution in [3.05, 3.63) is 0 Å². The quantitative estimate of drug-likeness (QED) is 0.372. The van der Waals surface area contributed by atoms with Crippen molar-refractivity contribution in [1.82, 2.24) is 0 Å². The van der Waals surface area contributed by atoms with Crippen LogP contribution in [0.1, 0.15) is 0 Å². The molecule has 30 valence electrons. The first-order valence-electron chi connectivity index (χ1n) is 1.47. The maximum absolute atomic E-state index is 9.75. The number of rotatable bonds is 1. The molecule has 0 aliphatic heterocycles. The highest BCUT2D eigenvalue weighted by atomic mass is 28.1. The van der Waals surface area contributed by atoms with Crippen LogP contribution in [0.15, 0.2) is 0 Å². The Hall–Kier alpha value is -0.153. The lowest BCUT2D eigenvalue weighted by atomic mass is 10.8. The van der Waals surface area contributed by atoms with Crippen LogP contribution < -0.4 is 5.73 Å². The monoisotopic (exact) mass is 89.0 g/mol. The van der Waals surface area contributed by atoms with Crippen LogP contribution in [0.5, 0.6) is 0 Å². The molecule has 0 radical (unpaired) electrons. The lowest BCUT2D eigenvalue weighted by Crippen LogP contribution is -2.11. The molecule has 0 aromatic carbocycles. The second kappa shape index (κ2) is 2.11. The molecule has 0 aliphatic carbocycles. The normalized spacial score (nSPS) is 8.20. The highest BCUT2D eigenvalue weighted by Crippen LogP contribution is 1.42. The standard InChI is InChI=1S/C2H7NOSi/c3-1-2(4)5/h1,3H2,5H3. The maximum Gasteiger partial charge on any atom is 0.113 e. The lowest BCUT2D eigenvalue weighted by Gasteiger charge is -1.73. The molecule has 0 rings (SSSR count). The Morgan fingerprint density at radius 1 is 2.00 bits per heavy atom. The zero-order valence-electron chi connectivity index (χ0n) is 3.19. The summed E-state index contributed by atoms with van der Waals surface area (Å²) in [7, 11) is 0.606. The van der Waals surface area contributed by atoms with Crippen LogP contribution in [0, 0.1) is 0 Å². The van der Waals surface area contributed by atoms with Gasteiger partial charge in [0.1, 0.15) is 5.41 Å². The number of hydrogen-bond donors (Lipinski definition) is 1. The molecule has 0 heterocycles. The smallest absolute Gasteiger partial charge is 0.113 e. The van der Waals surface area contributed by atoms with Crippen LogP contribution in [0.2, 0.25) is 0 Å². The topological polar surface area (TPSA) is 43.1 Å². The molecule has 0 bridgehead atoms. The minimum Gasteiger partial charge on any atom is -0.324 e. The van der Waals surface area contributed by atoms with Gasteiger partial charge in [-0.2, -0.15) is 0 Å². The Bertz CT molecular complexity index is 44.9. The summed E-state index contributed by atoms with van der Waals surface area (Å²) >= 11 is 0. The van der Waals surface area contributed by atoms with E-state index in [9.17, 15) is 4.79 Å². The van der Waals surface area contributed by atoms with E-state index in [-0.39, 0.29) is 12.0 Å². The van der Waals surface area contributed by atoms with Gasteiger partial charge in [0.05, 0.1) is 10.2 Å². The fraction of sp³-hybridized carbons (Fsp3) is 0.500. The van der Waals surface area contributed by atoms with Crippen molar-refractivity contribution in [3.8, 4) is 0 Å². The van der Waals surface area contributed by atoms with Crippen LogP contribution >= 0.6 is 0 Å². The molecular formula is C2H7NOSi. The van der Waals surface area contributed by atoms with Gasteiger partial charge in [-0.1, -0.05) is 0 Å². The molecule has 0 amide bonds. The first kappa shape index (κ1) is 4.85. The molecule has 2 N–H and O–H groups in total. The van der Waals surface area contributed by atoms with Gasteiger partial charge in [-0.05, 0) is 0 Å². The average Bonchev–Trinajstić information content (AvgIpc) is 1.38. The van der Waals surface area contributed by atoms with E-state index in [1.54, 1.807) is 0 Å². The molecular weight excluding hydrogens is 82.1 g/mol. The van der Waals surface area contributed by atoms with Gasteiger partial charge in [0.25, 0.3) is 0 Å². The molecule has 2 nitrogen and oxygen atoms in total. The predicted molar refractivity (Wildman–Crippen MR) is 24.0 cm³/mol. The molecule has 0 saturated carbocycles. The second-order valence-electron chi connectivity index (χ2n) is 0.906. The number of carbonyl (C=O) groups is 1. The van der Waals surface area contributed by atoms with E-state index >= 15 is 0 Å². The van der Waals surface area contributed by atoms with Gasteiger partial charge < -0.3 is 10.5 Å². The van der Waals surface area contributed by atoms with Gasteiger partial charge in [-0.25, -0.2) is 0 Å². The van der Waals surface area contributed by atoms with E-state index in [4.69, 9.17) is 5.73 Å². The zero-order valence-corrected chi connectivity index (χ0v) is 5.19. The highest BCUT2D eigenvalue weighted by Gasteiger charge is 1.76. The Morgan fingerprint density at radius 3 is 2.20 bits per heavy atom. The Labute approximate surface area is 33.8 Å². The SMILES string of the molecule is NCC(=O)[SiH3]. The van der Waals surface area contributed by atoms with Gasteiger partial charge in [0.2, 0.25) is 0 Å². The molecule has 0 unspecified atom stereocenters. The van der Waals surface area contributed by atoms with Crippen molar-refractivity contribution in [3.63, 3.8) is 0 Å². The summed E-state index contributed by atoms with van der Waals surface area (Å²) in [6, 6.07) is 0. The summed E-state index contributed by atoms with van der Waals surface area (Å²) in [4.78, 5) is 9.75. The van der Waals surface area contributed by atoms with Crippen molar-refractivity contribution < 1.29 is 4.79 Å². The van der Waals surface area contributed by atoms with Crippen molar-refractivity contribution in [1.29, 1.82) is 0 Å². The van der Waals surface area contributed by atoms with E-state index in [1.165, 1.54) is 0 Å². The minimum atomic E-state index is 0.171. The molecule has 0 spiro atoms. The van der Waals surface area contributed by atoms with Crippen LogP contribution in [-0.4, -0.2) is 22.2 Å². The number of nitrogens with two attached hydrogens (primary N) is 1. The first-order valence-corrected chi connectivity index (χ1v) is 2.47. The molecule has 0 aliphatic rings. The van der Waals surface area contributed by atoms with Crippen LogP contribution in [0.25, 0.3) is 0 Å². The van der Waals surface area contributed by atoms with Crippen molar-refractivity contribution in [2.75, 3.05) is 6.54 Å². The van der Waals surface area contributed by atoms with Gasteiger partial charge in [-0.15, -0.1) is 0 Å². The molecule has 3 heteroatoms. The van der Waals surface area contributed by atoms with Gasteiger partial charge in [0, 0.05) is 6.54 Å². The van der Waals surface area contributed by atoms with Gasteiger partial charge in [-0.3, -0.25) is 0 Å².